The lowest BCUT2D eigenvalue weighted by molar-refractivity contribution is 0.200. The van der Waals surface area contributed by atoms with Crippen molar-refractivity contribution >= 4 is 32.9 Å². The molecule has 1 fully saturated rings. The van der Waals surface area contributed by atoms with Crippen LogP contribution in [0.4, 0.5) is 11.5 Å². The van der Waals surface area contributed by atoms with Gasteiger partial charge in [-0.05, 0) is 56.5 Å². The number of aromatic nitrogens is 5. The minimum absolute atomic E-state index is 0.0735. The number of para-hydroxylation sites is 1. The molecule has 5 heterocycles. The van der Waals surface area contributed by atoms with E-state index in [1.54, 1.807) is 13.1 Å². The van der Waals surface area contributed by atoms with Crippen LogP contribution < -0.4 is 10.0 Å². The molecule has 0 atom stereocenters. The zero-order valence-electron chi connectivity index (χ0n) is 23.3. The second-order valence-electron chi connectivity index (χ2n) is 10.7. The van der Waals surface area contributed by atoms with Crippen molar-refractivity contribution in [2.45, 2.75) is 43.5 Å². The summed E-state index contributed by atoms with van der Waals surface area (Å²) in [7, 11) is -3.55. The number of hydrogen-bond donors (Lipinski definition) is 2. The fourth-order valence-corrected chi connectivity index (χ4v) is 8.53. The van der Waals surface area contributed by atoms with Crippen LogP contribution in [0.5, 0.6) is 0 Å². The number of hydrogen-bond acceptors (Lipinski definition) is 9. The highest BCUT2D eigenvalue weighted by Crippen LogP contribution is 2.39. The molecule has 0 bridgehead atoms. The highest BCUT2D eigenvalue weighted by atomic mass is 32.2. The van der Waals surface area contributed by atoms with E-state index in [-0.39, 0.29) is 6.04 Å². The lowest BCUT2D eigenvalue weighted by Crippen LogP contribution is -2.44. The fraction of sp³-hybridized carbons (Fsp3) is 0.267. The van der Waals surface area contributed by atoms with E-state index in [9.17, 15) is 8.42 Å². The van der Waals surface area contributed by atoms with Gasteiger partial charge in [-0.1, -0.05) is 36.4 Å². The molecular formula is C30H30N8O2S2. The predicted molar refractivity (Wildman–Crippen MR) is 164 cm³/mol. The number of likely N-dealkylation sites (tertiary alicyclic amines) is 1. The maximum atomic E-state index is 12.9. The Morgan fingerprint density at radius 2 is 1.74 bits per heavy atom. The van der Waals surface area contributed by atoms with Crippen molar-refractivity contribution in [3.63, 3.8) is 0 Å². The third-order valence-corrected chi connectivity index (χ3v) is 10.9. The Morgan fingerprint density at radius 3 is 2.50 bits per heavy atom. The monoisotopic (exact) mass is 598 g/mol. The van der Waals surface area contributed by atoms with Crippen molar-refractivity contribution in [3.8, 4) is 28.5 Å². The molecule has 0 spiro atoms. The molecular weight excluding hydrogens is 569 g/mol. The predicted octanol–water partition coefficient (Wildman–Crippen LogP) is 5.07. The molecule has 42 heavy (non-hydrogen) atoms. The molecule has 214 valence electrons. The number of rotatable bonds is 6. The van der Waals surface area contributed by atoms with E-state index >= 15 is 0 Å². The van der Waals surface area contributed by atoms with Gasteiger partial charge in [0.15, 0.2) is 21.7 Å². The van der Waals surface area contributed by atoms with E-state index < -0.39 is 10.0 Å². The lowest BCUT2D eigenvalue weighted by atomic mass is 10.0. The van der Waals surface area contributed by atoms with Gasteiger partial charge in [-0.3, -0.25) is 9.47 Å². The fourth-order valence-electron chi connectivity index (χ4n) is 5.72. The minimum atomic E-state index is -3.55. The Bertz CT molecular complexity index is 1870. The molecule has 0 saturated carbocycles. The Hall–Kier alpha value is -3.97. The summed E-state index contributed by atoms with van der Waals surface area (Å²) in [4.78, 5) is 11.2. The molecule has 0 radical (unpaired) electrons. The first kappa shape index (κ1) is 26.9. The first-order chi connectivity index (χ1) is 20.4. The van der Waals surface area contributed by atoms with Gasteiger partial charge in [-0.15, -0.1) is 21.5 Å². The van der Waals surface area contributed by atoms with Gasteiger partial charge < -0.3 is 5.32 Å². The second kappa shape index (κ2) is 10.7. The maximum absolute atomic E-state index is 12.9. The standard InChI is InChI=1S/C30H30N8O2S2/c1-19-30(41-20(2)32-19)42(39,40)36-23-13-16-37(17-14-23)18-21-9-11-22(12-10-21)28-34-35-29-24-6-3-4-7-25(24)33-27-26(38(28)29)8-5-15-31-27/h3-12,15,23,36H,13-14,16-18H2,1-2H3,(H,31,33). The lowest BCUT2D eigenvalue weighted by Gasteiger charge is -2.32. The number of nitrogens with one attached hydrogen (secondary N) is 2. The number of nitrogens with zero attached hydrogens (tertiary/aromatic N) is 6. The molecule has 7 rings (SSSR count). The summed E-state index contributed by atoms with van der Waals surface area (Å²) in [5.41, 5.74) is 5.53. The largest absolute Gasteiger partial charge is 0.338 e. The topological polar surface area (TPSA) is 118 Å². The summed E-state index contributed by atoms with van der Waals surface area (Å²) in [5, 5.41) is 13.4. The zero-order valence-corrected chi connectivity index (χ0v) is 24.9. The third kappa shape index (κ3) is 5.00. The summed E-state index contributed by atoms with van der Waals surface area (Å²) in [6, 6.07) is 20.4. The van der Waals surface area contributed by atoms with Gasteiger partial charge in [0, 0.05) is 43.0 Å². The number of thiazole rings is 1. The van der Waals surface area contributed by atoms with Crippen molar-refractivity contribution in [2.75, 3.05) is 18.4 Å². The summed E-state index contributed by atoms with van der Waals surface area (Å²) < 4.78 is 31.1. The van der Waals surface area contributed by atoms with Crippen LogP contribution in [0.2, 0.25) is 0 Å². The van der Waals surface area contributed by atoms with Gasteiger partial charge >= 0.3 is 0 Å². The number of piperidine rings is 1. The number of benzene rings is 2. The van der Waals surface area contributed by atoms with Gasteiger partial charge in [0.05, 0.1) is 22.1 Å². The van der Waals surface area contributed by atoms with E-state index in [1.165, 1.54) is 16.9 Å². The summed E-state index contributed by atoms with van der Waals surface area (Å²) in [5.74, 6) is 2.27. The molecule has 2 aromatic carbocycles. The molecule has 10 nitrogen and oxygen atoms in total. The van der Waals surface area contributed by atoms with Crippen molar-refractivity contribution < 1.29 is 8.42 Å². The highest BCUT2D eigenvalue weighted by Gasteiger charge is 2.28. The normalized spacial score (nSPS) is 15.4. The van der Waals surface area contributed by atoms with Crippen molar-refractivity contribution in [2.24, 2.45) is 0 Å². The van der Waals surface area contributed by atoms with Crippen LogP contribution in [0.25, 0.3) is 28.5 Å². The van der Waals surface area contributed by atoms with Gasteiger partial charge in [-0.25, -0.2) is 23.1 Å². The highest BCUT2D eigenvalue weighted by molar-refractivity contribution is 7.91. The van der Waals surface area contributed by atoms with E-state index in [0.717, 1.165) is 77.5 Å². The average Bonchev–Trinajstić information content (AvgIpc) is 3.54. The smallest absolute Gasteiger partial charge is 0.252 e. The first-order valence-electron chi connectivity index (χ1n) is 13.9. The van der Waals surface area contributed by atoms with Gasteiger partial charge in [0.2, 0.25) is 0 Å². The van der Waals surface area contributed by atoms with Crippen LogP contribution in [-0.4, -0.2) is 57.2 Å². The van der Waals surface area contributed by atoms with Crippen LogP contribution in [0.15, 0.2) is 71.1 Å². The molecule has 0 amide bonds. The summed E-state index contributed by atoms with van der Waals surface area (Å²) in [6.07, 6.45) is 3.31. The molecule has 2 N–H and O–H groups in total. The molecule has 0 unspecified atom stereocenters. The number of anilines is 2. The van der Waals surface area contributed by atoms with Gasteiger partial charge in [-0.2, -0.15) is 0 Å². The van der Waals surface area contributed by atoms with Crippen LogP contribution in [-0.2, 0) is 16.6 Å². The van der Waals surface area contributed by atoms with Crippen molar-refractivity contribution in [1.29, 1.82) is 0 Å². The van der Waals surface area contributed by atoms with Crippen LogP contribution in [0, 0.1) is 13.8 Å². The minimum Gasteiger partial charge on any atom is -0.338 e. The SMILES string of the molecule is Cc1nc(C)c(S(=O)(=O)NC2CCN(Cc3ccc(-c4nnc5n4-c4cccnc4Nc4ccccc4-5)cc3)CC2)s1. The number of pyridine rings is 1. The van der Waals surface area contributed by atoms with E-state index in [1.807, 2.05) is 43.3 Å². The Kier molecular flexibility index (Phi) is 6.85. The number of sulfonamides is 1. The Labute approximate surface area is 248 Å². The average molecular weight is 599 g/mol. The van der Waals surface area contributed by atoms with E-state index in [2.05, 4.69) is 63.9 Å². The van der Waals surface area contributed by atoms with Gasteiger partial charge in [0.25, 0.3) is 10.0 Å². The Balaban J connectivity index is 1.05. The maximum Gasteiger partial charge on any atom is 0.252 e. The molecule has 2 aliphatic rings. The molecule has 3 aromatic heterocycles. The molecule has 0 aliphatic carbocycles. The van der Waals surface area contributed by atoms with Gasteiger partial charge in [0.1, 0.15) is 0 Å². The number of aryl methyl sites for hydroxylation is 2. The van der Waals surface area contributed by atoms with Crippen molar-refractivity contribution in [3.05, 3.63) is 83.1 Å². The molecule has 2 aliphatic heterocycles. The zero-order chi connectivity index (χ0) is 28.8. The molecule has 1 saturated heterocycles. The second-order valence-corrected chi connectivity index (χ2v) is 13.8. The van der Waals surface area contributed by atoms with Crippen LogP contribution >= 0.6 is 11.3 Å². The summed E-state index contributed by atoms with van der Waals surface area (Å²) >= 11 is 1.23. The van der Waals surface area contributed by atoms with Crippen molar-refractivity contribution in [1.82, 2.24) is 34.4 Å². The summed E-state index contributed by atoms with van der Waals surface area (Å²) in [6.45, 7) is 6.02. The first-order valence-corrected chi connectivity index (χ1v) is 16.2. The van der Waals surface area contributed by atoms with Crippen LogP contribution in [0.3, 0.4) is 0 Å². The quantitative estimate of drug-likeness (QED) is 0.273. The van der Waals surface area contributed by atoms with E-state index in [4.69, 9.17) is 0 Å². The number of fused-ring (bicyclic) bond motifs is 5. The van der Waals surface area contributed by atoms with E-state index in [0.29, 0.717) is 9.90 Å². The molecule has 12 heteroatoms. The third-order valence-electron chi connectivity index (χ3n) is 7.74. The molecule has 5 aromatic rings. The van der Waals surface area contributed by atoms with Crippen LogP contribution in [0.1, 0.15) is 29.1 Å². The Morgan fingerprint density at radius 1 is 0.976 bits per heavy atom.